The first-order valence-electron chi connectivity index (χ1n) is 11.5. The van der Waals surface area contributed by atoms with Crippen LogP contribution < -0.4 is 15.6 Å². The molecule has 1 saturated heterocycles. The fraction of sp³-hybridized carbons (Fsp3) is 0.304. The van der Waals surface area contributed by atoms with Crippen LogP contribution in [0.1, 0.15) is 11.8 Å². The van der Waals surface area contributed by atoms with Gasteiger partial charge in [0.25, 0.3) is 5.95 Å². The number of carbonyl (C=O) groups is 1. The molecule has 1 aliphatic rings. The molecule has 0 aliphatic carbocycles. The number of rotatable bonds is 6. The summed E-state index contributed by atoms with van der Waals surface area (Å²) in [5, 5.41) is 25.0. The van der Waals surface area contributed by atoms with Gasteiger partial charge in [-0.15, -0.1) is 0 Å². The van der Waals surface area contributed by atoms with Gasteiger partial charge >= 0.3 is 11.7 Å². The highest BCUT2D eigenvalue weighted by Crippen LogP contribution is 2.27. The van der Waals surface area contributed by atoms with Crippen LogP contribution in [-0.4, -0.2) is 72.1 Å². The number of fused-ring (bicyclic) bond motifs is 4. The lowest BCUT2D eigenvalue weighted by Crippen LogP contribution is -2.45. The molecule has 1 aliphatic heterocycles. The Morgan fingerprint density at radius 2 is 2.14 bits per heavy atom. The average Bonchev–Trinajstić information content (AvgIpc) is 3.66. The van der Waals surface area contributed by atoms with E-state index in [1.54, 1.807) is 23.1 Å². The second-order valence-electron chi connectivity index (χ2n) is 8.65. The van der Waals surface area contributed by atoms with Gasteiger partial charge in [0.2, 0.25) is 11.7 Å². The molecule has 1 aromatic carbocycles. The molecule has 0 saturated carbocycles. The molecule has 13 heteroatoms. The molecule has 1 amide bonds. The summed E-state index contributed by atoms with van der Waals surface area (Å²) in [6, 6.07) is 7.94. The predicted octanol–water partition coefficient (Wildman–Crippen LogP) is 0.150. The Balaban J connectivity index is 1.08. The summed E-state index contributed by atoms with van der Waals surface area (Å²) in [7, 11) is 0. The van der Waals surface area contributed by atoms with Crippen LogP contribution in [0.2, 0.25) is 0 Å². The fourth-order valence-electron chi connectivity index (χ4n) is 4.64. The van der Waals surface area contributed by atoms with Crippen molar-refractivity contribution >= 4 is 39.8 Å². The molecule has 4 aromatic heterocycles. The zero-order chi connectivity index (χ0) is 24.8. The van der Waals surface area contributed by atoms with Crippen molar-refractivity contribution in [2.75, 3.05) is 18.9 Å². The third kappa shape index (κ3) is 3.69. The zero-order valence-corrected chi connectivity index (χ0v) is 19.0. The van der Waals surface area contributed by atoms with Gasteiger partial charge in [0.05, 0.1) is 0 Å². The van der Waals surface area contributed by atoms with Crippen LogP contribution in [0.4, 0.5) is 10.7 Å². The number of nitrogens with zero attached hydrogens (tertiary/aromatic N) is 4. The molecule has 13 nitrogen and oxygen atoms in total. The molecular formula is C23H25N8O5+. The highest BCUT2D eigenvalue weighted by atomic mass is 16.6. The van der Waals surface area contributed by atoms with Crippen molar-refractivity contribution < 1.29 is 29.0 Å². The summed E-state index contributed by atoms with van der Waals surface area (Å²) in [6.45, 7) is 0.136. The van der Waals surface area contributed by atoms with Crippen molar-refractivity contribution in [3.63, 3.8) is 0 Å². The molecule has 5 aromatic rings. The van der Waals surface area contributed by atoms with Crippen molar-refractivity contribution in [2.45, 2.75) is 31.0 Å². The summed E-state index contributed by atoms with van der Waals surface area (Å²) in [5.41, 5.74) is 9.71. The van der Waals surface area contributed by atoms with E-state index in [0.717, 1.165) is 16.5 Å². The van der Waals surface area contributed by atoms with Gasteiger partial charge in [0.1, 0.15) is 24.9 Å². The number of amides is 1. The van der Waals surface area contributed by atoms with E-state index in [9.17, 15) is 15.0 Å². The van der Waals surface area contributed by atoms with Gasteiger partial charge in [-0.05, 0) is 18.1 Å². The van der Waals surface area contributed by atoms with E-state index in [1.807, 2.05) is 30.5 Å². The lowest BCUT2D eigenvalue weighted by Gasteiger charge is -2.14. The number of para-hydroxylation sites is 1. The number of aromatic amines is 2. The van der Waals surface area contributed by atoms with Crippen molar-refractivity contribution in [3.8, 4) is 0 Å². The Labute approximate surface area is 203 Å². The van der Waals surface area contributed by atoms with Gasteiger partial charge in [-0.25, -0.2) is 14.3 Å². The van der Waals surface area contributed by atoms with Crippen LogP contribution in [0.25, 0.3) is 27.7 Å². The van der Waals surface area contributed by atoms with Crippen molar-refractivity contribution in [3.05, 3.63) is 54.7 Å². The van der Waals surface area contributed by atoms with Crippen molar-refractivity contribution in [1.29, 1.82) is 0 Å². The maximum atomic E-state index is 12.2. The van der Waals surface area contributed by atoms with E-state index < -0.39 is 30.6 Å². The van der Waals surface area contributed by atoms with Gasteiger partial charge in [0, 0.05) is 36.0 Å². The molecule has 5 heterocycles. The Kier molecular flexibility index (Phi) is 5.44. The van der Waals surface area contributed by atoms with E-state index in [0.29, 0.717) is 29.8 Å². The number of aromatic nitrogens is 6. The van der Waals surface area contributed by atoms with Crippen LogP contribution >= 0.6 is 0 Å². The quantitative estimate of drug-likeness (QED) is 0.181. The van der Waals surface area contributed by atoms with Gasteiger partial charge in [-0.1, -0.05) is 23.2 Å². The third-order valence-electron chi connectivity index (χ3n) is 6.48. The lowest BCUT2D eigenvalue weighted by molar-refractivity contribution is -0.745. The van der Waals surface area contributed by atoms with E-state index in [4.69, 9.17) is 15.2 Å². The number of anilines is 1. The fourth-order valence-corrected chi connectivity index (χ4v) is 4.64. The third-order valence-corrected chi connectivity index (χ3v) is 6.48. The first-order valence-corrected chi connectivity index (χ1v) is 11.5. The molecule has 4 atom stereocenters. The van der Waals surface area contributed by atoms with Crippen LogP contribution in [0.5, 0.6) is 0 Å². The van der Waals surface area contributed by atoms with E-state index >= 15 is 0 Å². The van der Waals surface area contributed by atoms with Gasteiger partial charge in [-0.3, -0.25) is 9.38 Å². The molecule has 1 fully saturated rings. The number of benzene rings is 1. The molecule has 186 valence electrons. The Morgan fingerprint density at radius 1 is 1.28 bits per heavy atom. The Hall–Kier alpha value is -4.20. The van der Waals surface area contributed by atoms with Gasteiger partial charge < -0.3 is 35.7 Å². The first-order chi connectivity index (χ1) is 17.5. The average molecular weight is 494 g/mol. The van der Waals surface area contributed by atoms with Gasteiger partial charge in [-0.2, -0.15) is 0 Å². The standard InChI is InChI=1S/C23H24N8O5/c24-22-29-20-16(19-25-7-8-30(19)22)28-11-31(20)21-18(33)17(32)15(36-21)10-35-23(34)26-6-5-12-9-27-14-4-2-1-3-13(12)14/h1-4,7-9,11,15,17-18,21,27,32-33H,5-6,10H2,(H3,24,25,26,29,34)/p+1/t15-,17-,18-,21-/m1/s1. The van der Waals surface area contributed by atoms with Crippen molar-refractivity contribution in [1.82, 2.24) is 29.7 Å². The molecule has 7 N–H and O–H groups in total. The molecule has 0 unspecified atom stereocenters. The first kappa shape index (κ1) is 22.3. The largest absolute Gasteiger partial charge is 0.447 e. The van der Waals surface area contributed by atoms with Crippen LogP contribution in [0.15, 0.2) is 49.2 Å². The summed E-state index contributed by atoms with van der Waals surface area (Å²) in [6.07, 6.45) is 2.28. The lowest BCUT2D eigenvalue weighted by atomic mass is 10.1. The number of nitrogen functional groups attached to an aromatic ring is 1. The summed E-state index contributed by atoms with van der Waals surface area (Å²) in [5.74, 6) is 0.209. The monoisotopic (exact) mass is 493 g/mol. The van der Waals surface area contributed by atoms with Gasteiger partial charge in [0.15, 0.2) is 12.0 Å². The number of imidazole rings is 2. The van der Waals surface area contributed by atoms with E-state index in [-0.39, 0.29) is 12.6 Å². The van der Waals surface area contributed by atoms with E-state index in [2.05, 4.69) is 25.3 Å². The number of carbonyl (C=O) groups excluding carboxylic acids is 1. The highest BCUT2D eigenvalue weighted by molar-refractivity contribution is 5.84. The topological polar surface area (TPSA) is 180 Å². The number of hydrogen-bond acceptors (Lipinski definition) is 8. The maximum Gasteiger partial charge on any atom is 0.407 e. The molecule has 0 radical (unpaired) electrons. The van der Waals surface area contributed by atoms with Crippen LogP contribution in [-0.2, 0) is 15.9 Å². The second kappa shape index (κ2) is 8.78. The second-order valence-corrected chi connectivity index (χ2v) is 8.65. The number of H-pyrrole nitrogens is 2. The number of nitrogens with one attached hydrogen (secondary N) is 3. The summed E-state index contributed by atoms with van der Waals surface area (Å²) < 4.78 is 14.3. The molecular weight excluding hydrogens is 468 g/mol. The molecule has 6 rings (SSSR count). The molecule has 0 bridgehead atoms. The summed E-state index contributed by atoms with van der Waals surface area (Å²) >= 11 is 0. The number of aliphatic hydroxyl groups is 2. The number of aliphatic hydroxyl groups excluding tert-OH is 2. The zero-order valence-electron chi connectivity index (χ0n) is 19.0. The molecule has 0 spiro atoms. The number of ether oxygens (including phenoxy) is 2. The number of nitrogens with two attached hydrogens (primary N) is 1. The van der Waals surface area contributed by atoms with Crippen molar-refractivity contribution in [2.24, 2.45) is 0 Å². The number of hydrogen-bond donors (Lipinski definition) is 6. The SMILES string of the molecule is Nc1nc2c([nH]c[n+]2[C@@H]2O[C@H](COC(=O)NCCc3c[nH]c4ccccc34)[C@@H](O)[C@H]2O)c2nccn12. The normalized spacial score (nSPS) is 22.1. The number of alkyl carbamates (subject to hydrolysis) is 1. The summed E-state index contributed by atoms with van der Waals surface area (Å²) in [4.78, 5) is 27.1. The van der Waals surface area contributed by atoms with E-state index in [1.165, 1.54) is 4.57 Å². The smallest absolute Gasteiger partial charge is 0.407 e. The Bertz CT molecular complexity index is 1560. The predicted molar refractivity (Wildman–Crippen MR) is 127 cm³/mol. The molecule has 36 heavy (non-hydrogen) atoms. The minimum absolute atomic E-state index is 0.209. The highest BCUT2D eigenvalue weighted by Gasteiger charge is 2.47. The Morgan fingerprint density at radius 3 is 3.03 bits per heavy atom. The minimum atomic E-state index is -1.29. The minimum Gasteiger partial charge on any atom is -0.447 e. The maximum absolute atomic E-state index is 12.2. The van der Waals surface area contributed by atoms with Crippen LogP contribution in [0, 0.1) is 0 Å². The van der Waals surface area contributed by atoms with Crippen LogP contribution in [0.3, 0.4) is 0 Å².